The molecule has 3 aromatic rings. The second kappa shape index (κ2) is 10.8. The molecular formula is C31H33FN4O4. The molecule has 2 amide bonds. The van der Waals surface area contributed by atoms with E-state index in [0.717, 1.165) is 24.8 Å². The minimum absolute atomic E-state index is 0.133. The van der Waals surface area contributed by atoms with Crippen molar-refractivity contribution in [2.75, 3.05) is 5.32 Å². The molecule has 0 bridgehead atoms. The molecule has 0 spiro atoms. The van der Waals surface area contributed by atoms with Crippen molar-refractivity contribution in [3.8, 4) is 28.8 Å². The van der Waals surface area contributed by atoms with Crippen molar-refractivity contribution in [3.63, 3.8) is 0 Å². The van der Waals surface area contributed by atoms with E-state index in [9.17, 15) is 19.2 Å². The zero-order valence-corrected chi connectivity index (χ0v) is 22.9. The topological polar surface area (TPSA) is 117 Å². The average Bonchev–Trinajstić information content (AvgIpc) is 3.55. The van der Waals surface area contributed by atoms with Gasteiger partial charge in [-0.3, -0.25) is 10.1 Å². The number of anilines is 1. The molecule has 1 aromatic heterocycles. The number of halogens is 1. The number of hydrogen-bond acceptors (Lipinski definition) is 6. The van der Waals surface area contributed by atoms with Crippen molar-refractivity contribution in [2.24, 2.45) is 5.92 Å². The van der Waals surface area contributed by atoms with Crippen molar-refractivity contribution in [1.82, 2.24) is 10.3 Å². The van der Waals surface area contributed by atoms with E-state index in [0.29, 0.717) is 47.9 Å². The van der Waals surface area contributed by atoms with Gasteiger partial charge in [0.2, 0.25) is 11.8 Å². The standard InChI is InChI=1S/C31H33FN4O4/c1-30(2,3)40-29(38)34-22-14-10-19(11-15-22)25-26(39-28(35-25)20-8-12-21(32)13-9-20)23-6-4-5-7-24(23)27(37)36-31(18-33)16-17-31/h8-15,23-24H,4-7,16-17H2,1-3H3,(H,34,38)(H,36,37). The van der Waals surface area contributed by atoms with Crippen molar-refractivity contribution in [1.29, 1.82) is 5.26 Å². The van der Waals surface area contributed by atoms with Gasteiger partial charge in [0.25, 0.3) is 0 Å². The quantitative estimate of drug-likeness (QED) is 0.347. The van der Waals surface area contributed by atoms with E-state index in [2.05, 4.69) is 16.7 Å². The van der Waals surface area contributed by atoms with Crippen LogP contribution in [0, 0.1) is 23.1 Å². The number of benzene rings is 2. The minimum Gasteiger partial charge on any atom is -0.444 e. The largest absolute Gasteiger partial charge is 0.444 e. The van der Waals surface area contributed by atoms with Gasteiger partial charge in [0.15, 0.2) is 0 Å². The van der Waals surface area contributed by atoms with Crippen LogP contribution < -0.4 is 10.6 Å². The zero-order valence-electron chi connectivity index (χ0n) is 22.9. The summed E-state index contributed by atoms with van der Waals surface area (Å²) in [5.74, 6) is -0.166. The molecule has 0 aliphatic heterocycles. The number of aromatic nitrogens is 1. The first-order chi connectivity index (χ1) is 19.1. The summed E-state index contributed by atoms with van der Waals surface area (Å²) in [7, 11) is 0. The lowest BCUT2D eigenvalue weighted by atomic mass is 9.76. The Labute approximate surface area is 232 Å². The molecule has 2 N–H and O–H groups in total. The van der Waals surface area contributed by atoms with Gasteiger partial charge in [0, 0.05) is 28.7 Å². The fourth-order valence-electron chi connectivity index (χ4n) is 5.12. The molecule has 40 heavy (non-hydrogen) atoms. The molecule has 2 aliphatic carbocycles. The summed E-state index contributed by atoms with van der Waals surface area (Å²) in [5.41, 5.74) is 1.15. The number of hydrogen-bond donors (Lipinski definition) is 2. The fourth-order valence-corrected chi connectivity index (χ4v) is 5.12. The van der Waals surface area contributed by atoms with Gasteiger partial charge in [-0.25, -0.2) is 14.2 Å². The lowest BCUT2D eigenvalue weighted by Gasteiger charge is -2.30. The van der Waals surface area contributed by atoms with Crippen LogP contribution in [0.15, 0.2) is 52.9 Å². The molecule has 8 nitrogen and oxygen atoms in total. The van der Waals surface area contributed by atoms with E-state index in [1.165, 1.54) is 12.1 Å². The maximum Gasteiger partial charge on any atom is 0.412 e. The van der Waals surface area contributed by atoms with Crippen LogP contribution in [0.4, 0.5) is 14.9 Å². The molecule has 0 saturated heterocycles. The Hall–Kier alpha value is -4.19. The van der Waals surface area contributed by atoms with Crippen molar-refractivity contribution in [2.45, 2.75) is 76.4 Å². The number of carbonyl (C=O) groups excluding carboxylic acids is 2. The number of oxazole rings is 1. The monoisotopic (exact) mass is 544 g/mol. The summed E-state index contributed by atoms with van der Waals surface area (Å²) in [4.78, 5) is 30.4. The Morgan fingerprint density at radius 3 is 2.33 bits per heavy atom. The number of nitrogens with zero attached hydrogens (tertiary/aromatic N) is 2. The molecule has 5 rings (SSSR count). The molecule has 9 heteroatoms. The Morgan fingerprint density at radius 1 is 1.05 bits per heavy atom. The summed E-state index contributed by atoms with van der Waals surface area (Å²) in [5, 5.41) is 15.2. The van der Waals surface area contributed by atoms with Crippen molar-refractivity contribution in [3.05, 3.63) is 60.1 Å². The molecule has 2 fully saturated rings. The molecule has 2 atom stereocenters. The number of nitrogens with one attached hydrogen (secondary N) is 2. The Kier molecular flexibility index (Phi) is 7.37. The molecule has 2 aliphatic rings. The first kappa shape index (κ1) is 27.4. The van der Waals surface area contributed by atoms with Crippen LogP contribution in [-0.2, 0) is 9.53 Å². The molecule has 2 unspecified atom stereocenters. The fraction of sp³-hybridized carbons (Fsp3) is 0.419. The summed E-state index contributed by atoms with van der Waals surface area (Å²) < 4.78 is 25.3. The summed E-state index contributed by atoms with van der Waals surface area (Å²) >= 11 is 0. The molecule has 2 saturated carbocycles. The number of ether oxygens (including phenoxy) is 1. The molecule has 0 radical (unpaired) electrons. The molecular weight excluding hydrogens is 511 g/mol. The van der Waals surface area contributed by atoms with Crippen LogP contribution in [0.1, 0.15) is 71.0 Å². The Balaban J connectivity index is 1.48. The third kappa shape index (κ3) is 6.17. The van der Waals surface area contributed by atoms with Crippen molar-refractivity contribution >= 4 is 17.7 Å². The van der Waals surface area contributed by atoms with Gasteiger partial charge < -0.3 is 14.5 Å². The first-order valence-electron chi connectivity index (χ1n) is 13.7. The molecule has 2 aromatic carbocycles. The maximum absolute atomic E-state index is 13.6. The van der Waals surface area contributed by atoms with E-state index in [1.807, 2.05) is 12.1 Å². The molecule has 1 heterocycles. The van der Waals surface area contributed by atoms with Crippen LogP contribution in [0.5, 0.6) is 0 Å². The highest BCUT2D eigenvalue weighted by Gasteiger charge is 2.47. The highest BCUT2D eigenvalue weighted by atomic mass is 19.1. The zero-order chi connectivity index (χ0) is 28.5. The van der Waals surface area contributed by atoms with E-state index < -0.39 is 17.2 Å². The van der Waals surface area contributed by atoms with Crippen LogP contribution in [-0.4, -0.2) is 28.1 Å². The van der Waals surface area contributed by atoms with Crippen molar-refractivity contribution < 1.29 is 23.1 Å². The van der Waals surface area contributed by atoms with Gasteiger partial charge in [-0.15, -0.1) is 0 Å². The van der Waals surface area contributed by atoms with Gasteiger partial charge >= 0.3 is 6.09 Å². The van der Waals surface area contributed by atoms with E-state index in [4.69, 9.17) is 14.1 Å². The highest BCUT2D eigenvalue weighted by molar-refractivity contribution is 5.85. The molecule has 208 valence electrons. The summed E-state index contributed by atoms with van der Waals surface area (Å²) in [6.45, 7) is 5.39. The third-order valence-corrected chi connectivity index (χ3v) is 7.31. The van der Waals surface area contributed by atoms with Gasteiger partial charge in [0.05, 0.1) is 6.07 Å². The predicted octanol–water partition coefficient (Wildman–Crippen LogP) is 6.94. The second-order valence-electron chi connectivity index (χ2n) is 11.6. The van der Waals surface area contributed by atoms with E-state index in [-0.39, 0.29) is 23.6 Å². The van der Waals surface area contributed by atoms with Gasteiger partial charge in [0.1, 0.15) is 28.4 Å². The lowest BCUT2D eigenvalue weighted by Crippen LogP contribution is -2.42. The van der Waals surface area contributed by atoms with E-state index in [1.54, 1.807) is 45.0 Å². The van der Waals surface area contributed by atoms with Crippen LogP contribution >= 0.6 is 0 Å². The average molecular weight is 545 g/mol. The third-order valence-electron chi connectivity index (χ3n) is 7.31. The summed E-state index contributed by atoms with van der Waals surface area (Å²) in [6.07, 6.45) is 4.04. The Bertz CT molecular complexity index is 1430. The van der Waals surface area contributed by atoms with Crippen LogP contribution in [0.2, 0.25) is 0 Å². The first-order valence-corrected chi connectivity index (χ1v) is 13.7. The summed E-state index contributed by atoms with van der Waals surface area (Å²) in [6, 6.07) is 15.3. The van der Waals surface area contributed by atoms with Gasteiger partial charge in [-0.05, 0) is 82.9 Å². The van der Waals surface area contributed by atoms with Gasteiger partial charge in [-0.1, -0.05) is 25.0 Å². The number of amides is 2. The SMILES string of the molecule is CC(C)(C)OC(=O)Nc1ccc(-c2nc(-c3ccc(F)cc3)oc2C2CCCCC2C(=O)NC2(C#N)CC2)cc1. The number of rotatable bonds is 6. The number of carbonyl (C=O) groups is 2. The Morgan fingerprint density at radius 2 is 1.70 bits per heavy atom. The lowest BCUT2D eigenvalue weighted by molar-refractivity contribution is -0.127. The minimum atomic E-state index is -0.750. The van der Waals surface area contributed by atoms with Crippen LogP contribution in [0.25, 0.3) is 22.7 Å². The van der Waals surface area contributed by atoms with Gasteiger partial charge in [-0.2, -0.15) is 5.26 Å². The highest BCUT2D eigenvalue weighted by Crippen LogP contribution is 2.45. The maximum atomic E-state index is 13.6. The normalized spacial score (nSPS) is 19.8. The van der Waals surface area contributed by atoms with E-state index >= 15 is 0 Å². The second-order valence-corrected chi connectivity index (χ2v) is 11.6. The smallest absolute Gasteiger partial charge is 0.412 e. The predicted molar refractivity (Wildman–Crippen MR) is 148 cm³/mol. The van der Waals surface area contributed by atoms with Crippen LogP contribution in [0.3, 0.4) is 0 Å². The number of nitriles is 1.